The summed E-state index contributed by atoms with van der Waals surface area (Å²) in [7, 11) is 0. The van der Waals surface area contributed by atoms with E-state index in [2.05, 4.69) is 46.1 Å². The number of morpholine rings is 1. The normalized spacial score (nSPS) is 22.4. The van der Waals surface area contributed by atoms with Crippen LogP contribution < -0.4 is 26.0 Å². The third kappa shape index (κ3) is 10.3. The maximum absolute atomic E-state index is 13.6. The van der Waals surface area contributed by atoms with Gasteiger partial charge in [0, 0.05) is 26.2 Å². The molecular formula is C35H49N5O6. The van der Waals surface area contributed by atoms with Crippen LogP contribution in [-0.4, -0.2) is 79.6 Å². The molecule has 2 aromatic rings. The van der Waals surface area contributed by atoms with Crippen molar-refractivity contribution in [3.05, 3.63) is 65.2 Å². The van der Waals surface area contributed by atoms with Crippen LogP contribution in [0.3, 0.4) is 0 Å². The number of para-hydroxylation sites is 1. The summed E-state index contributed by atoms with van der Waals surface area (Å²) in [6.07, 6.45) is 0.968. The fourth-order valence-corrected chi connectivity index (χ4v) is 5.73. The van der Waals surface area contributed by atoms with Gasteiger partial charge >= 0.3 is 0 Å². The van der Waals surface area contributed by atoms with Crippen LogP contribution in [0.25, 0.3) is 0 Å². The molecule has 0 bridgehead atoms. The summed E-state index contributed by atoms with van der Waals surface area (Å²) < 4.78 is 11.5. The third-order valence-corrected chi connectivity index (χ3v) is 8.47. The monoisotopic (exact) mass is 635 g/mol. The Labute approximate surface area is 272 Å². The van der Waals surface area contributed by atoms with Crippen LogP contribution in [-0.2, 0) is 32.2 Å². The molecule has 0 saturated carbocycles. The van der Waals surface area contributed by atoms with E-state index in [0.717, 1.165) is 30.8 Å². The van der Waals surface area contributed by atoms with E-state index in [1.165, 1.54) is 0 Å². The topological polar surface area (TPSA) is 138 Å². The van der Waals surface area contributed by atoms with E-state index >= 15 is 0 Å². The number of nitrogens with zero attached hydrogens (tertiary/aromatic N) is 1. The second-order valence-electron chi connectivity index (χ2n) is 12.7. The Morgan fingerprint density at radius 3 is 2.46 bits per heavy atom. The molecule has 1 saturated heterocycles. The minimum atomic E-state index is -1.19. The molecule has 2 aliphatic heterocycles. The van der Waals surface area contributed by atoms with Crippen molar-refractivity contribution in [1.82, 2.24) is 26.2 Å². The summed E-state index contributed by atoms with van der Waals surface area (Å²) in [5, 5.41) is 11.6. The van der Waals surface area contributed by atoms with Gasteiger partial charge in [0.2, 0.25) is 17.7 Å². The number of amides is 4. The first kappa shape index (κ1) is 34.9. The van der Waals surface area contributed by atoms with Crippen LogP contribution in [0.15, 0.2) is 48.5 Å². The van der Waals surface area contributed by atoms with Crippen LogP contribution in [0.2, 0.25) is 0 Å². The summed E-state index contributed by atoms with van der Waals surface area (Å²) >= 11 is 0. The third-order valence-electron chi connectivity index (χ3n) is 8.47. The molecule has 46 heavy (non-hydrogen) atoms. The molecule has 4 atom stereocenters. The standard InChI is InChI=1S/C35H49N5O6/c1-5-24(4)32-35(44)37-27(17-23(2)3)22-46-30-12-7-6-11-28(30)33(42)38-29(19-31(41)39-32)34(43)36-20-25-9-8-10-26(18-25)21-40-13-15-45-16-14-40/h6-12,18,23-24,27,29,32H,5,13-17,19-22H2,1-4H3,(H,36,43)(H,37,44)(H,38,42)(H,39,41)/t24-,27-,29-,32-/m0/s1. The highest BCUT2D eigenvalue weighted by molar-refractivity contribution is 6.01. The number of hydrogen-bond acceptors (Lipinski definition) is 7. The molecule has 250 valence electrons. The number of benzene rings is 2. The highest BCUT2D eigenvalue weighted by atomic mass is 16.5. The molecule has 11 heteroatoms. The molecule has 4 amide bonds. The average Bonchev–Trinajstić information content (AvgIpc) is 3.04. The zero-order valence-corrected chi connectivity index (χ0v) is 27.5. The Morgan fingerprint density at radius 2 is 1.72 bits per heavy atom. The number of carbonyl (C=O) groups is 4. The van der Waals surface area contributed by atoms with Gasteiger partial charge in [-0.15, -0.1) is 0 Å². The van der Waals surface area contributed by atoms with Crippen molar-refractivity contribution in [2.75, 3.05) is 32.9 Å². The molecule has 2 heterocycles. The van der Waals surface area contributed by atoms with Crippen molar-refractivity contribution in [3.63, 3.8) is 0 Å². The zero-order valence-electron chi connectivity index (χ0n) is 27.5. The van der Waals surface area contributed by atoms with E-state index in [0.29, 0.717) is 31.8 Å². The predicted octanol–water partition coefficient (Wildman–Crippen LogP) is 2.78. The van der Waals surface area contributed by atoms with E-state index in [4.69, 9.17) is 9.47 Å². The molecule has 0 unspecified atom stereocenters. The minimum Gasteiger partial charge on any atom is -0.491 e. The summed E-state index contributed by atoms with van der Waals surface area (Å²) in [6, 6.07) is 12.4. The van der Waals surface area contributed by atoms with Crippen molar-refractivity contribution in [3.8, 4) is 5.75 Å². The van der Waals surface area contributed by atoms with Gasteiger partial charge < -0.3 is 30.7 Å². The lowest BCUT2D eigenvalue weighted by Gasteiger charge is -2.29. The van der Waals surface area contributed by atoms with Gasteiger partial charge in [-0.3, -0.25) is 24.1 Å². The van der Waals surface area contributed by atoms with Gasteiger partial charge in [-0.2, -0.15) is 0 Å². The Hall–Kier alpha value is -3.96. The molecule has 2 aromatic carbocycles. The number of fused-ring (bicyclic) bond motifs is 1. The van der Waals surface area contributed by atoms with E-state index in [-0.39, 0.29) is 48.9 Å². The molecule has 0 aromatic heterocycles. The number of hydrogen-bond donors (Lipinski definition) is 4. The first-order chi connectivity index (χ1) is 22.1. The second kappa shape index (κ2) is 17.1. The van der Waals surface area contributed by atoms with Gasteiger partial charge in [-0.1, -0.05) is 70.5 Å². The fraction of sp³-hybridized carbons (Fsp3) is 0.543. The number of carbonyl (C=O) groups excluding carboxylic acids is 4. The van der Waals surface area contributed by atoms with Crippen LogP contribution in [0.4, 0.5) is 0 Å². The molecule has 4 rings (SSSR count). The Bertz CT molecular complexity index is 1340. The van der Waals surface area contributed by atoms with Crippen molar-refractivity contribution < 1.29 is 28.7 Å². The largest absolute Gasteiger partial charge is 0.491 e. The quantitative estimate of drug-likeness (QED) is 0.333. The van der Waals surface area contributed by atoms with Gasteiger partial charge in [0.15, 0.2) is 0 Å². The summed E-state index contributed by atoms with van der Waals surface area (Å²) in [5.41, 5.74) is 2.26. The lowest BCUT2D eigenvalue weighted by molar-refractivity contribution is -0.132. The fourth-order valence-electron chi connectivity index (χ4n) is 5.73. The molecule has 0 spiro atoms. The van der Waals surface area contributed by atoms with Crippen molar-refractivity contribution in [2.45, 2.75) is 78.2 Å². The van der Waals surface area contributed by atoms with Gasteiger partial charge in [0.25, 0.3) is 5.91 Å². The van der Waals surface area contributed by atoms with Crippen molar-refractivity contribution >= 4 is 23.6 Å². The molecule has 0 radical (unpaired) electrons. The maximum atomic E-state index is 13.6. The highest BCUT2D eigenvalue weighted by Gasteiger charge is 2.32. The molecule has 11 nitrogen and oxygen atoms in total. The van der Waals surface area contributed by atoms with E-state index < -0.39 is 29.8 Å². The van der Waals surface area contributed by atoms with E-state index in [9.17, 15) is 19.2 Å². The van der Waals surface area contributed by atoms with Gasteiger partial charge in [0.1, 0.15) is 24.4 Å². The molecular weight excluding hydrogens is 586 g/mol. The molecule has 1 fully saturated rings. The lowest BCUT2D eigenvalue weighted by Crippen LogP contribution is -2.55. The Morgan fingerprint density at radius 1 is 0.978 bits per heavy atom. The van der Waals surface area contributed by atoms with Crippen LogP contribution in [0.1, 0.15) is 68.4 Å². The van der Waals surface area contributed by atoms with Gasteiger partial charge in [0.05, 0.1) is 31.2 Å². The van der Waals surface area contributed by atoms with Gasteiger partial charge in [-0.25, -0.2) is 0 Å². The van der Waals surface area contributed by atoms with E-state index in [1.807, 2.05) is 32.0 Å². The van der Waals surface area contributed by atoms with Crippen LogP contribution >= 0.6 is 0 Å². The summed E-state index contributed by atoms with van der Waals surface area (Å²) in [4.78, 5) is 56.3. The van der Waals surface area contributed by atoms with E-state index in [1.54, 1.807) is 24.3 Å². The first-order valence-electron chi connectivity index (χ1n) is 16.4. The smallest absolute Gasteiger partial charge is 0.255 e. The zero-order chi connectivity index (χ0) is 33.1. The Kier molecular flexibility index (Phi) is 13.0. The molecule has 4 N–H and O–H groups in total. The van der Waals surface area contributed by atoms with Crippen molar-refractivity contribution in [1.29, 1.82) is 0 Å². The summed E-state index contributed by atoms with van der Waals surface area (Å²) in [5.74, 6) is -1.40. The molecule has 2 aliphatic rings. The SMILES string of the molecule is CC[C@H](C)[C@@H]1NC(=O)C[C@@H](C(=O)NCc2cccc(CN3CCOCC3)c2)NC(=O)c2ccccc2OC[C@H](CC(C)C)NC1=O. The molecule has 0 aliphatic carbocycles. The maximum Gasteiger partial charge on any atom is 0.255 e. The number of ether oxygens (including phenoxy) is 2. The van der Waals surface area contributed by atoms with Crippen molar-refractivity contribution in [2.24, 2.45) is 11.8 Å². The summed E-state index contributed by atoms with van der Waals surface area (Å²) in [6.45, 7) is 12.3. The van der Waals surface area contributed by atoms with Crippen LogP contribution in [0.5, 0.6) is 5.75 Å². The van der Waals surface area contributed by atoms with Crippen LogP contribution in [0, 0.1) is 11.8 Å². The highest BCUT2D eigenvalue weighted by Crippen LogP contribution is 2.20. The Balaban J connectivity index is 1.54. The number of nitrogens with one attached hydrogen (secondary N) is 4. The average molecular weight is 636 g/mol. The first-order valence-corrected chi connectivity index (χ1v) is 16.4. The predicted molar refractivity (Wildman–Crippen MR) is 175 cm³/mol. The second-order valence-corrected chi connectivity index (χ2v) is 12.7. The minimum absolute atomic E-state index is 0.143. The lowest BCUT2D eigenvalue weighted by atomic mass is 9.96. The van der Waals surface area contributed by atoms with Gasteiger partial charge in [-0.05, 0) is 41.5 Å². The number of rotatable bonds is 9.